The lowest BCUT2D eigenvalue weighted by atomic mass is 10.1. The number of nitrogens with zero attached hydrogens (tertiary/aromatic N) is 1. The smallest absolute Gasteiger partial charge is 0.254 e. The molecule has 7 heteroatoms. The van der Waals surface area contributed by atoms with Gasteiger partial charge in [0.05, 0.1) is 5.56 Å². The van der Waals surface area contributed by atoms with Gasteiger partial charge in [-0.25, -0.2) is 4.39 Å². The summed E-state index contributed by atoms with van der Waals surface area (Å²) in [5.41, 5.74) is 0.0749. The second kappa shape index (κ2) is 8.02. The fourth-order valence-electron chi connectivity index (χ4n) is 1.88. The Morgan fingerprint density at radius 1 is 1.36 bits per heavy atom. The Bertz CT molecular complexity index is 589. The minimum absolute atomic E-state index is 0.0262. The minimum Gasteiger partial charge on any atom is -0.339 e. The first-order valence-corrected chi connectivity index (χ1v) is 6.65. The van der Waals surface area contributed by atoms with Crippen LogP contribution in [0.4, 0.5) is 4.39 Å². The number of benzene rings is 1. The van der Waals surface area contributed by atoms with Gasteiger partial charge in [-0.3, -0.25) is 24.5 Å². The molecule has 0 aliphatic rings. The number of halogens is 1. The van der Waals surface area contributed by atoms with E-state index in [-0.39, 0.29) is 23.6 Å². The molecule has 0 aliphatic carbocycles. The van der Waals surface area contributed by atoms with Crippen molar-refractivity contribution in [3.8, 4) is 0 Å². The normalized spacial score (nSPS) is 11.4. The van der Waals surface area contributed by atoms with Crippen molar-refractivity contribution in [2.75, 3.05) is 7.05 Å². The summed E-state index contributed by atoms with van der Waals surface area (Å²) in [6.07, 6.45) is 1.18. The number of aldehydes is 1. The topological polar surface area (TPSA) is 83.6 Å². The van der Waals surface area contributed by atoms with Crippen LogP contribution in [0.15, 0.2) is 18.2 Å². The van der Waals surface area contributed by atoms with Gasteiger partial charge in [0, 0.05) is 25.1 Å². The molecule has 0 aliphatic heterocycles. The third-order valence-corrected chi connectivity index (χ3v) is 3.36. The summed E-state index contributed by atoms with van der Waals surface area (Å²) in [6.45, 7) is 1.71. The fourth-order valence-corrected chi connectivity index (χ4v) is 1.88. The zero-order valence-electron chi connectivity index (χ0n) is 12.3. The number of amides is 3. The zero-order chi connectivity index (χ0) is 16.7. The predicted molar refractivity (Wildman–Crippen MR) is 76.8 cm³/mol. The van der Waals surface area contributed by atoms with Crippen LogP contribution in [-0.4, -0.2) is 42.5 Å². The summed E-state index contributed by atoms with van der Waals surface area (Å²) in [6, 6.07) is 3.03. The lowest BCUT2D eigenvalue weighted by Gasteiger charge is -2.25. The van der Waals surface area contributed by atoms with Crippen LogP contribution >= 0.6 is 0 Å². The number of carbonyl (C=O) groups is 4. The maximum absolute atomic E-state index is 13.3. The number of rotatable bonds is 7. The van der Waals surface area contributed by atoms with E-state index < -0.39 is 17.6 Å². The van der Waals surface area contributed by atoms with E-state index >= 15 is 0 Å². The van der Waals surface area contributed by atoms with Crippen molar-refractivity contribution in [2.24, 2.45) is 0 Å². The van der Waals surface area contributed by atoms with Gasteiger partial charge < -0.3 is 4.90 Å². The highest BCUT2D eigenvalue weighted by Crippen LogP contribution is 2.15. The molecule has 1 unspecified atom stereocenters. The quantitative estimate of drug-likeness (QED) is 0.766. The van der Waals surface area contributed by atoms with E-state index in [0.29, 0.717) is 19.1 Å². The minimum atomic E-state index is -0.611. The molecule has 22 heavy (non-hydrogen) atoms. The number of hydrogen-bond acceptors (Lipinski definition) is 4. The van der Waals surface area contributed by atoms with Gasteiger partial charge in [0.25, 0.3) is 5.91 Å². The lowest BCUT2D eigenvalue weighted by molar-refractivity contribution is -0.125. The molecule has 6 nitrogen and oxygen atoms in total. The molecule has 1 N–H and O–H groups in total. The molecule has 118 valence electrons. The van der Waals surface area contributed by atoms with Gasteiger partial charge in [0.1, 0.15) is 5.82 Å². The van der Waals surface area contributed by atoms with Gasteiger partial charge in [-0.05, 0) is 31.5 Å². The van der Waals surface area contributed by atoms with Crippen LogP contribution in [0, 0.1) is 5.82 Å². The van der Waals surface area contributed by atoms with E-state index in [1.165, 1.54) is 18.0 Å². The summed E-state index contributed by atoms with van der Waals surface area (Å²) in [7, 11) is 1.50. The highest BCUT2D eigenvalue weighted by Gasteiger charge is 2.21. The number of hydrogen-bond donors (Lipinski definition) is 1. The van der Waals surface area contributed by atoms with Crippen molar-refractivity contribution < 1.29 is 23.6 Å². The van der Waals surface area contributed by atoms with Crippen molar-refractivity contribution in [3.05, 3.63) is 35.1 Å². The monoisotopic (exact) mass is 308 g/mol. The van der Waals surface area contributed by atoms with Crippen molar-refractivity contribution in [2.45, 2.75) is 25.8 Å². The molecule has 0 heterocycles. The average molecular weight is 308 g/mol. The van der Waals surface area contributed by atoms with Crippen molar-refractivity contribution in [1.29, 1.82) is 0 Å². The number of imide groups is 1. The molecule has 1 atom stereocenters. The largest absolute Gasteiger partial charge is 0.339 e. The first kappa shape index (κ1) is 17.5. The van der Waals surface area contributed by atoms with Gasteiger partial charge in [-0.1, -0.05) is 0 Å². The van der Waals surface area contributed by atoms with Crippen LogP contribution in [0.5, 0.6) is 0 Å². The van der Waals surface area contributed by atoms with E-state index in [1.54, 1.807) is 6.92 Å². The maximum Gasteiger partial charge on any atom is 0.254 e. The fraction of sp³-hybridized carbons (Fsp3) is 0.333. The molecule has 0 fully saturated rings. The summed E-state index contributed by atoms with van der Waals surface area (Å²) in [5.74, 6) is -1.56. The van der Waals surface area contributed by atoms with Crippen LogP contribution in [-0.2, 0) is 9.59 Å². The molecular weight excluding hydrogens is 291 g/mol. The van der Waals surface area contributed by atoms with E-state index in [4.69, 9.17) is 0 Å². The first-order valence-electron chi connectivity index (χ1n) is 6.65. The molecule has 1 aromatic rings. The molecule has 0 aromatic heterocycles. The molecular formula is C15H17FN2O4. The predicted octanol–water partition coefficient (Wildman–Crippen LogP) is 1.15. The van der Waals surface area contributed by atoms with Crippen LogP contribution in [0.25, 0.3) is 0 Å². The summed E-state index contributed by atoms with van der Waals surface area (Å²) >= 11 is 0. The summed E-state index contributed by atoms with van der Waals surface area (Å²) < 4.78 is 13.3. The Kier molecular flexibility index (Phi) is 6.37. The number of nitrogens with one attached hydrogen (secondary N) is 1. The molecule has 1 aromatic carbocycles. The van der Waals surface area contributed by atoms with Crippen LogP contribution in [0.2, 0.25) is 0 Å². The van der Waals surface area contributed by atoms with Crippen molar-refractivity contribution >= 4 is 24.5 Å². The maximum atomic E-state index is 13.3. The SMILES string of the molecule is CC(CCC(=O)NC=O)N(C)C(=O)c1cc(F)ccc1C=O. The van der Waals surface area contributed by atoms with Crippen LogP contribution in [0.3, 0.4) is 0 Å². The standard InChI is InChI=1S/C15H17FN2O4/c1-10(3-6-14(21)17-9-20)18(2)15(22)13-7-12(16)5-4-11(13)8-19/h4-5,7-10H,3,6H2,1-2H3,(H,17,20,21). The summed E-state index contributed by atoms with van der Waals surface area (Å²) in [5, 5.41) is 2.01. The molecule has 0 spiro atoms. The molecule has 1 rings (SSSR count). The lowest BCUT2D eigenvalue weighted by Crippen LogP contribution is -2.36. The van der Waals surface area contributed by atoms with Crippen LogP contribution < -0.4 is 5.32 Å². The first-order chi connectivity index (χ1) is 10.4. The van der Waals surface area contributed by atoms with Gasteiger partial charge in [0.15, 0.2) is 6.29 Å². The van der Waals surface area contributed by atoms with Gasteiger partial charge in [-0.2, -0.15) is 0 Å². The highest BCUT2D eigenvalue weighted by atomic mass is 19.1. The molecule has 0 radical (unpaired) electrons. The van der Waals surface area contributed by atoms with E-state index in [9.17, 15) is 23.6 Å². The molecule has 0 saturated carbocycles. The second-order valence-corrected chi connectivity index (χ2v) is 4.84. The second-order valence-electron chi connectivity index (χ2n) is 4.84. The van der Waals surface area contributed by atoms with Crippen molar-refractivity contribution in [1.82, 2.24) is 10.2 Å². The number of carbonyl (C=O) groups excluding carboxylic acids is 4. The van der Waals surface area contributed by atoms with Gasteiger partial charge in [-0.15, -0.1) is 0 Å². The molecule has 3 amide bonds. The Hall–Kier alpha value is -2.57. The molecule has 0 saturated heterocycles. The highest BCUT2D eigenvalue weighted by molar-refractivity contribution is 6.01. The zero-order valence-corrected chi connectivity index (χ0v) is 12.3. The van der Waals surface area contributed by atoms with Crippen molar-refractivity contribution in [3.63, 3.8) is 0 Å². The van der Waals surface area contributed by atoms with E-state index in [0.717, 1.165) is 12.1 Å². The van der Waals surface area contributed by atoms with E-state index in [1.807, 2.05) is 5.32 Å². The Balaban J connectivity index is 2.79. The Morgan fingerprint density at radius 3 is 2.64 bits per heavy atom. The third kappa shape index (κ3) is 4.47. The Labute approximate surface area is 127 Å². The Morgan fingerprint density at radius 2 is 2.05 bits per heavy atom. The average Bonchev–Trinajstić information content (AvgIpc) is 2.51. The van der Waals surface area contributed by atoms with Gasteiger partial charge >= 0.3 is 0 Å². The van der Waals surface area contributed by atoms with E-state index in [2.05, 4.69) is 0 Å². The third-order valence-electron chi connectivity index (χ3n) is 3.36. The summed E-state index contributed by atoms with van der Waals surface area (Å²) in [4.78, 5) is 45.9. The molecule has 0 bridgehead atoms. The van der Waals surface area contributed by atoms with Gasteiger partial charge in [0.2, 0.25) is 12.3 Å². The van der Waals surface area contributed by atoms with Crippen LogP contribution in [0.1, 0.15) is 40.5 Å².